The molecule has 7 heteroatoms. The number of anilines is 3. The number of nitrogens with zero attached hydrogens (tertiary/aromatic N) is 1. The third-order valence-corrected chi connectivity index (χ3v) is 4.59. The highest BCUT2D eigenvalue weighted by Crippen LogP contribution is 2.27. The van der Waals surface area contributed by atoms with E-state index in [0.717, 1.165) is 0 Å². The molecule has 1 heterocycles. The van der Waals surface area contributed by atoms with Gasteiger partial charge in [0.05, 0.1) is 5.69 Å². The molecular formula is C18H15F2N3OS. The standard InChI is InChI=1S/C18H15F2N3OS/c1-10-8-13(20)6-7-15(10)23-17(24)16-11(2)21-18(25-16)22-14-5-3-4-12(19)9-14/h3-9H,1-2H3,(H,21,22)(H,23,24). The van der Waals surface area contributed by atoms with Gasteiger partial charge < -0.3 is 10.6 Å². The van der Waals surface area contributed by atoms with Crippen LogP contribution in [0.4, 0.5) is 25.3 Å². The van der Waals surface area contributed by atoms with Gasteiger partial charge in [0.2, 0.25) is 0 Å². The Morgan fingerprint density at radius 2 is 1.84 bits per heavy atom. The Morgan fingerprint density at radius 3 is 2.56 bits per heavy atom. The van der Waals surface area contributed by atoms with E-state index in [1.807, 2.05) is 0 Å². The van der Waals surface area contributed by atoms with Gasteiger partial charge in [0.15, 0.2) is 5.13 Å². The number of rotatable bonds is 4. The van der Waals surface area contributed by atoms with Crippen LogP contribution in [0.25, 0.3) is 0 Å². The average Bonchev–Trinajstić information content (AvgIpc) is 2.90. The highest BCUT2D eigenvalue weighted by Gasteiger charge is 2.16. The lowest BCUT2D eigenvalue weighted by atomic mass is 10.2. The fourth-order valence-corrected chi connectivity index (χ4v) is 3.18. The molecule has 0 spiro atoms. The Labute approximate surface area is 147 Å². The van der Waals surface area contributed by atoms with E-state index in [-0.39, 0.29) is 17.5 Å². The second-order valence-corrected chi connectivity index (χ2v) is 6.48. The minimum atomic E-state index is -0.358. The van der Waals surface area contributed by atoms with Gasteiger partial charge in [0, 0.05) is 11.4 Å². The number of amides is 1. The second-order valence-electron chi connectivity index (χ2n) is 5.48. The predicted molar refractivity (Wildman–Crippen MR) is 95.6 cm³/mol. The lowest BCUT2D eigenvalue weighted by Crippen LogP contribution is -2.12. The van der Waals surface area contributed by atoms with Crippen LogP contribution in [0.5, 0.6) is 0 Å². The molecule has 0 radical (unpaired) electrons. The first-order valence-electron chi connectivity index (χ1n) is 7.50. The van der Waals surface area contributed by atoms with E-state index in [2.05, 4.69) is 15.6 Å². The largest absolute Gasteiger partial charge is 0.331 e. The summed E-state index contributed by atoms with van der Waals surface area (Å²) < 4.78 is 26.4. The van der Waals surface area contributed by atoms with Crippen molar-refractivity contribution in [1.29, 1.82) is 0 Å². The average molecular weight is 359 g/mol. The minimum absolute atomic E-state index is 0.322. The zero-order valence-corrected chi connectivity index (χ0v) is 14.4. The van der Waals surface area contributed by atoms with E-state index < -0.39 is 0 Å². The molecular weight excluding hydrogens is 344 g/mol. The topological polar surface area (TPSA) is 54.0 Å². The summed E-state index contributed by atoms with van der Waals surface area (Å²) >= 11 is 1.17. The first-order valence-corrected chi connectivity index (χ1v) is 8.31. The zero-order chi connectivity index (χ0) is 18.0. The molecule has 0 saturated heterocycles. The Morgan fingerprint density at radius 1 is 1.08 bits per heavy atom. The highest BCUT2D eigenvalue weighted by molar-refractivity contribution is 7.17. The summed E-state index contributed by atoms with van der Waals surface area (Å²) in [7, 11) is 0. The molecule has 0 saturated carbocycles. The number of aromatic nitrogens is 1. The Hall–Kier alpha value is -2.80. The van der Waals surface area contributed by atoms with Crippen LogP contribution in [0.2, 0.25) is 0 Å². The summed E-state index contributed by atoms with van der Waals surface area (Å²) in [5, 5.41) is 6.23. The lowest BCUT2D eigenvalue weighted by Gasteiger charge is -2.07. The van der Waals surface area contributed by atoms with E-state index in [0.29, 0.717) is 32.6 Å². The predicted octanol–water partition coefficient (Wildman–Crippen LogP) is 5.03. The second kappa shape index (κ2) is 6.98. The van der Waals surface area contributed by atoms with Crippen LogP contribution >= 0.6 is 11.3 Å². The highest BCUT2D eigenvalue weighted by atomic mass is 32.1. The number of nitrogens with one attached hydrogen (secondary N) is 2. The monoisotopic (exact) mass is 359 g/mol. The SMILES string of the molecule is Cc1cc(F)ccc1NC(=O)c1sc(Nc2cccc(F)c2)nc1C. The minimum Gasteiger partial charge on any atom is -0.331 e. The fraction of sp³-hybridized carbons (Fsp3) is 0.111. The van der Waals surface area contributed by atoms with Crippen molar-refractivity contribution in [3.05, 3.63) is 70.2 Å². The van der Waals surface area contributed by atoms with E-state index in [1.165, 1.54) is 41.7 Å². The van der Waals surface area contributed by atoms with Crippen molar-refractivity contribution in [3.8, 4) is 0 Å². The van der Waals surface area contributed by atoms with Crippen molar-refractivity contribution >= 4 is 33.8 Å². The molecule has 128 valence electrons. The molecule has 0 bridgehead atoms. The molecule has 0 fully saturated rings. The maximum absolute atomic E-state index is 13.2. The molecule has 1 amide bonds. The number of carbonyl (C=O) groups excluding carboxylic acids is 1. The molecule has 1 aromatic heterocycles. The molecule has 0 aliphatic carbocycles. The van der Waals surface area contributed by atoms with E-state index >= 15 is 0 Å². The number of carbonyl (C=O) groups is 1. The van der Waals surface area contributed by atoms with E-state index in [1.54, 1.807) is 26.0 Å². The molecule has 2 N–H and O–H groups in total. The van der Waals surface area contributed by atoms with Crippen molar-refractivity contribution in [2.45, 2.75) is 13.8 Å². The van der Waals surface area contributed by atoms with Crippen LogP contribution in [0, 0.1) is 25.5 Å². The number of hydrogen-bond acceptors (Lipinski definition) is 4. The Bertz CT molecular complexity index is 940. The van der Waals surface area contributed by atoms with Crippen molar-refractivity contribution in [3.63, 3.8) is 0 Å². The van der Waals surface area contributed by atoms with Gasteiger partial charge in [-0.3, -0.25) is 4.79 Å². The van der Waals surface area contributed by atoms with E-state index in [4.69, 9.17) is 0 Å². The summed E-state index contributed by atoms with van der Waals surface area (Å²) in [5.41, 5.74) is 2.28. The van der Waals surface area contributed by atoms with Crippen LogP contribution in [0.1, 0.15) is 20.9 Å². The van der Waals surface area contributed by atoms with Gasteiger partial charge in [-0.2, -0.15) is 0 Å². The third-order valence-electron chi connectivity index (χ3n) is 3.52. The van der Waals surface area contributed by atoms with Crippen LogP contribution in [0.3, 0.4) is 0 Å². The number of thiazole rings is 1. The molecule has 0 unspecified atom stereocenters. The van der Waals surface area contributed by atoms with Crippen LogP contribution in [0.15, 0.2) is 42.5 Å². The number of aryl methyl sites for hydroxylation is 2. The summed E-state index contributed by atoms with van der Waals surface area (Å²) in [4.78, 5) is 17.2. The molecule has 0 atom stereocenters. The maximum atomic E-state index is 13.2. The molecule has 4 nitrogen and oxygen atoms in total. The third kappa shape index (κ3) is 4.00. The van der Waals surface area contributed by atoms with Crippen molar-refractivity contribution in [1.82, 2.24) is 4.98 Å². The maximum Gasteiger partial charge on any atom is 0.267 e. The van der Waals surface area contributed by atoms with Gasteiger partial charge in [-0.05, 0) is 55.8 Å². The quantitative estimate of drug-likeness (QED) is 0.687. The summed E-state index contributed by atoms with van der Waals surface area (Å²) in [6.07, 6.45) is 0. The number of benzene rings is 2. The van der Waals surface area contributed by atoms with Crippen molar-refractivity contribution in [2.75, 3.05) is 10.6 Å². The molecule has 3 aromatic rings. The fourth-order valence-electron chi connectivity index (χ4n) is 2.30. The van der Waals surface area contributed by atoms with Crippen LogP contribution in [-0.2, 0) is 0 Å². The van der Waals surface area contributed by atoms with Crippen LogP contribution in [-0.4, -0.2) is 10.9 Å². The van der Waals surface area contributed by atoms with Crippen molar-refractivity contribution in [2.24, 2.45) is 0 Å². The summed E-state index contributed by atoms with van der Waals surface area (Å²) in [6, 6.07) is 10.2. The molecule has 3 rings (SSSR count). The molecule has 2 aromatic carbocycles. The van der Waals surface area contributed by atoms with Crippen LogP contribution < -0.4 is 10.6 Å². The number of halogens is 2. The van der Waals surface area contributed by atoms with Gasteiger partial charge in [-0.1, -0.05) is 17.4 Å². The van der Waals surface area contributed by atoms with Gasteiger partial charge in [0.25, 0.3) is 5.91 Å². The van der Waals surface area contributed by atoms with E-state index in [9.17, 15) is 13.6 Å². The summed E-state index contributed by atoms with van der Waals surface area (Å²) in [6.45, 7) is 3.44. The number of hydrogen-bond donors (Lipinski definition) is 2. The van der Waals surface area contributed by atoms with Crippen molar-refractivity contribution < 1.29 is 13.6 Å². The molecule has 0 aliphatic heterocycles. The normalized spacial score (nSPS) is 10.6. The van der Waals surface area contributed by atoms with Gasteiger partial charge in [-0.15, -0.1) is 0 Å². The first-order chi connectivity index (χ1) is 11.9. The molecule has 25 heavy (non-hydrogen) atoms. The summed E-state index contributed by atoms with van der Waals surface area (Å²) in [5.74, 6) is -1.04. The molecule has 0 aliphatic rings. The Balaban J connectivity index is 1.78. The van der Waals surface area contributed by atoms with Gasteiger partial charge in [-0.25, -0.2) is 13.8 Å². The first kappa shape index (κ1) is 17.0. The Kier molecular flexibility index (Phi) is 4.76. The zero-order valence-electron chi connectivity index (χ0n) is 13.6. The lowest BCUT2D eigenvalue weighted by molar-refractivity contribution is 0.102. The van der Waals surface area contributed by atoms with Gasteiger partial charge >= 0.3 is 0 Å². The smallest absolute Gasteiger partial charge is 0.267 e. The van der Waals surface area contributed by atoms with Gasteiger partial charge in [0.1, 0.15) is 16.5 Å².